The number of ether oxygens (including phenoxy) is 1. The Balaban J connectivity index is 1.71. The maximum atomic E-state index is 14.5. The lowest BCUT2D eigenvalue weighted by Gasteiger charge is -2.13. The number of hydrogen-bond acceptors (Lipinski definition) is 3. The van der Waals surface area contributed by atoms with Crippen molar-refractivity contribution < 1.29 is 13.9 Å². The Morgan fingerprint density at radius 1 is 1.07 bits per heavy atom. The third kappa shape index (κ3) is 4.90. The molecule has 0 spiro atoms. The second kappa shape index (κ2) is 9.02. The van der Waals surface area contributed by atoms with Crippen molar-refractivity contribution in [1.82, 2.24) is 0 Å². The van der Waals surface area contributed by atoms with E-state index in [1.165, 1.54) is 6.07 Å². The summed E-state index contributed by atoms with van der Waals surface area (Å²) < 4.78 is 20.5. The predicted molar refractivity (Wildman–Crippen MR) is 121 cm³/mol. The number of nitrogens with two attached hydrogens (primary N) is 1. The minimum absolute atomic E-state index is 0.138. The molecule has 0 aliphatic heterocycles. The first kappa shape index (κ1) is 20.8. The molecule has 5 nitrogen and oxygen atoms in total. The van der Waals surface area contributed by atoms with Crippen molar-refractivity contribution in [3.63, 3.8) is 0 Å². The largest absolute Gasteiger partial charge is 0.496 e. The summed E-state index contributed by atoms with van der Waals surface area (Å²) >= 11 is 8.76. The fraction of sp³-hybridized carbons (Fsp3) is 0.0476. The minimum Gasteiger partial charge on any atom is -0.496 e. The average Bonchev–Trinajstić information content (AvgIpc) is 2.69. The molecule has 0 atom stereocenters. The van der Waals surface area contributed by atoms with Crippen molar-refractivity contribution in [3.8, 4) is 16.9 Å². The van der Waals surface area contributed by atoms with Crippen LogP contribution in [0.1, 0.15) is 10.4 Å². The summed E-state index contributed by atoms with van der Waals surface area (Å²) in [4.78, 5) is 11.3. The topological polar surface area (TPSA) is 76.4 Å². The van der Waals surface area contributed by atoms with E-state index in [4.69, 9.17) is 22.7 Å². The number of nitrogens with one attached hydrogen (secondary N) is 2. The smallest absolute Gasteiger partial charge is 0.251 e. The summed E-state index contributed by atoms with van der Waals surface area (Å²) in [7, 11) is 1.60. The van der Waals surface area contributed by atoms with E-state index < -0.39 is 11.7 Å². The second-order valence-electron chi connectivity index (χ2n) is 6.04. The van der Waals surface area contributed by atoms with Crippen LogP contribution in [-0.4, -0.2) is 18.1 Å². The van der Waals surface area contributed by atoms with Crippen LogP contribution in [0, 0.1) is 5.82 Å². The van der Waals surface area contributed by atoms with E-state index in [1.54, 1.807) is 43.5 Å². The maximum absolute atomic E-state index is 14.5. The van der Waals surface area contributed by atoms with Gasteiger partial charge in [-0.2, -0.15) is 0 Å². The van der Waals surface area contributed by atoms with Crippen molar-refractivity contribution in [2.45, 2.75) is 0 Å². The van der Waals surface area contributed by atoms with Crippen LogP contribution >= 0.6 is 28.1 Å². The molecule has 3 rings (SSSR count). The first-order valence-electron chi connectivity index (χ1n) is 8.49. The first-order chi connectivity index (χ1) is 13.9. The fourth-order valence-electron chi connectivity index (χ4n) is 2.72. The van der Waals surface area contributed by atoms with E-state index in [9.17, 15) is 9.18 Å². The number of thiocarbonyl (C=S) groups is 1. The second-order valence-corrected chi connectivity index (χ2v) is 7.30. The summed E-state index contributed by atoms with van der Waals surface area (Å²) in [5.41, 5.74) is 7.51. The molecule has 0 aromatic heterocycles. The fourth-order valence-corrected chi connectivity index (χ4v) is 3.49. The zero-order valence-corrected chi connectivity index (χ0v) is 17.7. The third-order valence-electron chi connectivity index (χ3n) is 4.13. The van der Waals surface area contributed by atoms with E-state index in [2.05, 4.69) is 26.6 Å². The molecule has 0 fully saturated rings. The molecule has 3 aromatic carbocycles. The zero-order valence-electron chi connectivity index (χ0n) is 15.3. The molecule has 3 aromatic rings. The third-order valence-corrected chi connectivity index (χ3v) is 4.95. The van der Waals surface area contributed by atoms with Crippen molar-refractivity contribution in [1.29, 1.82) is 0 Å². The Labute approximate surface area is 181 Å². The van der Waals surface area contributed by atoms with E-state index in [-0.39, 0.29) is 5.56 Å². The molecule has 1 amide bonds. The van der Waals surface area contributed by atoms with Gasteiger partial charge in [0.2, 0.25) is 0 Å². The molecule has 4 N–H and O–H groups in total. The van der Waals surface area contributed by atoms with E-state index in [1.807, 2.05) is 18.2 Å². The number of carbonyl (C=O) groups is 1. The molecule has 0 aliphatic carbocycles. The highest BCUT2D eigenvalue weighted by atomic mass is 79.9. The van der Waals surface area contributed by atoms with Crippen LogP contribution < -0.4 is 21.1 Å². The predicted octanol–water partition coefficient (Wildman–Crippen LogP) is 5.17. The lowest BCUT2D eigenvalue weighted by Crippen LogP contribution is -2.19. The van der Waals surface area contributed by atoms with E-state index in [0.717, 1.165) is 21.6 Å². The Morgan fingerprint density at radius 2 is 1.72 bits per heavy atom. The summed E-state index contributed by atoms with van der Waals surface area (Å²) in [6.45, 7) is 0. The summed E-state index contributed by atoms with van der Waals surface area (Å²) in [5.74, 6) is -0.718. The van der Waals surface area contributed by atoms with Gasteiger partial charge in [-0.25, -0.2) is 4.39 Å². The number of halogens is 2. The van der Waals surface area contributed by atoms with Crippen molar-refractivity contribution in [2.24, 2.45) is 5.73 Å². The van der Waals surface area contributed by atoms with E-state index >= 15 is 0 Å². The van der Waals surface area contributed by atoms with Crippen LogP contribution in [0.3, 0.4) is 0 Å². The molecule has 29 heavy (non-hydrogen) atoms. The highest BCUT2D eigenvalue weighted by molar-refractivity contribution is 9.10. The normalized spacial score (nSPS) is 10.3. The van der Waals surface area contributed by atoms with Crippen LogP contribution in [0.5, 0.6) is 5.75 Å². The zero-order chi connectivity index (χ0) is 21.0. The molecule has 0 radical (unpaired) electrons. The number of rotatable bonds is 5. The molecule has 0 bridgehead atoms. The monoisotopic (exact) mass is 473 g/mol. The van der Waals surface area contributed by atoms with Crippen LogP contribution in [0.2, 0.25) is 0 Å². The first-order valence-corrected chi connectivity index (χ1v) is 9.69. The summed E-state index contributed by atoms with van der Waals surface area (Å²) in [6, 6.07) is 17.1. The van der Waals surface area contributed by atoms with E-state index in [0.29, 0.717) is 16.2 Å². The van der Waals surface area contributed by atoms with Gasteiger partial charge in [0.05, 0.1) is 17.1 Å². The number of hydrogen-bond donors (Lipinski definition) is 3. The van der Waals surface area contributed by atoms with Gasteiger partial charge < -0.3 is 21.1 Å². The lowest BCUT2D eigenvalue weighted by molar-refractivity contribution is 0.0996. The number of primary amides is 1. The Morgan fingerprint density at radius 3 is 2.34 bits per heavy atom. The number of methoxy groups -OCH3 is 1. The lowest BCUT2D eigenvalue weighted by atomic mass is 10.0. The van der Waals surface area contributed by atoms with Gasteiger partial charge in [-0.1, -0.05) is 24.3 Å². The Hall–Kier alpha value is -2.97. The van der Waals surface area contributed by atoms with Gasteiger partial charge in [-0.05, 0) is 70.1 Å². The molecular weight excluding hydrogens is 457 g/mol. The highest BCUT2D eigenvalue weighted by Crippen LogP contribution is 2.28. The van der Waals surface area contributed by atoms with Crippen molar-refractivity contribution in [2.75, 3.05) is 17.7 Å². The van der Waals surface area contributed by atoms with Gasteiger partial charge in [0, 0.05) is 16.9 Å². The average molecular weight is 474 g/mol. The van der Waals surface area contributed by atoms with Crippen molar-refractivity contribution in [3.05, 3.63) is 76.5 Å². The number of anilines is 2. The molecule has 0 heterocycles. The molecule has 0 saturated heterocycles. The molecule has 8 heteroatoms. The molecule has 0 aliphatic rings. The minimum atomic E-state index is -0.802. The number of carbonyl (C=O) groups excluding carboxylic acids is 1. The van der Waals surface area contributed by atoms with Crippen molar-refractivity contribution >= 4 is 50.5 Å². The maximum Gasteiger partial charge on any atom is 0.251 e. The highest BCUT2D eigenvalue weighted by Gasteiger charge is 2.13. The van der Waals surface area contributed by atoms with Crippen LogP contribution in [0.4, 0.5) is 15.8 Å². The van der Waals surface area contributed by atoms with Gasteiger partial charge in [0.25, 0.3) is 5.91 Å². The summed E-state index contributed by atoms with van der Waals surface area (Å²) in [5, 5.41) is 6.55. The van der Waals surface area contributed by atoms with Gasteiger partial charge in [0.1, 0.15) is 11.6 Å². The standard InChI is InChI=1S/C21H17BrFN3O2S/c1-28-18-10-9-14(11-17(18)22)26-21(29)25-13-7-5-12(6-8-13)15-3-2-4-16(19(15)23)20(24)27/h2-11H,1H3,(H2,24,27)(H2,25,26,29). The number of amides is 1. The van der Waals surface area contributed by atoms with Crippen LogP contribution in [0.25, 0.3) is 11.1 Å². The molecule has 148 valence electrons. The number of benzene rings is 3. The molecule has 0 unspecified atom stereocenters. The van der Waals surface area contributed by atoms with Gasteiger partial charge >= 0.3 is 0 Å². The summed E-state index contributed by atoms with van der Waals surface area (Å²) in [6.07, 6.45) is 0. The molecular formula is C21H17BrFN3O2S. The Bertz CT molecular complexity index is 1070. The SMILES string of the molecule is COc1ccc(NC(=S)Nc2ccc(-c3cccc(C(N)=O)c3F)cc2)cc1Br. The van der Waals surface area contributed by atoms with Gasteiger partial charge in [0.15, 0.2) is 5.11 Å². The van der Waals surface area contributed by atoms with Crippen LogP contribution in [-0.2, 0) is 0 Å². The van der Waals surface area contributed by atoms with Gasteiger partial charge in [-0.15, -0.1) is 0 Å². The van der Waals surface area contributed by atoms with Crippen LogP contribution in [0.15, 0.2) is 65.1 Å². The quantitative estimate of drug-likeness (QED) is 0.445. The molecule has 0 saturated carbocycles. The van der Waals surface area contributed by atoms with Gasteiger partial charge in [-0.3, -0.25) is 4.79 Å². The Kier molecular flexibility index (Phi) is 6.46.